The van der Waals surface area contributed by atoms with Crippen LogP contribution in [0.1, 0.15) is 39.5 Å². The second kappa shape index (κ2) is 4.06. The van der Waals surface area contributed by atoms with Crippen LogP contribution in [-0.4, -0.2) is 37.6 Å². The summed E-state index contributed by atoms with van der Waals surface area (Å²) in [6.45, 7) is 6.11. The number of hydrogen-bond acceptors (Lipinski definition) is 2. The second-order valence-electron chi connectivity index (χ2n) is 6.22. The molecule has 0 radical (unpaired) electrons. The highest BCUT2D eigenvalue weighted by Gasteiger charge is 2.42. The summed E-state index contributed by atoms with van der Waals surface area (Å²) >= 11 is 0. The molecule has 0 saturated heterocycles. The maximum Gasteiger partial charge on any atom is 0.0156 e. The molecule has 2 saturated carbocycles. The standard InChI is InChI=1S/C13H26N2/c1-13(2)8-7-10(12(13)14-3)9-15(4)11-5-6-11/h10-12,14H,5-9H2,1-4H3. The van der Waals surface area contributed by atoms with Crippen molar-refractivity contribution < 1.29 is 0 Å². The Morgan fingerprint density at radius 1 is 1.27 bits per heavy atom. The molecule has 2 nitrogen and oxygen atoms in total. The van der Waals surface area contributed by atoms with E-state index in [0.29, 0.717) is 11.5 Å². The van der Waals surface area contributed by atoms with Crippen molar-refractivity contribution in [3.63, 3.8) is 0 Å². The third-order valence-electron chi connectivity index (χ3n) is 4.48. The molecule has 88 valence electrons. The third-order valence-corrected chi connectivity index (χ3v) is 4.48. The fraction of sp³-hybridized carbons (Fsp3) is 1.00. The highest BCUT2D eigenvalue weighted by Crippen LogP contribution is 2.42. The molecule has 2 fully saturated rings. The molecule has 2 aliphatic carbocycles. The Kier molecular flexibility index (Phi) is 3.09. The van der Waals surface area contributed by atoms with E-state index in [9.17, 15) is 0 Å². The van der Waals surface area contributed by atoms with Gasteiger partial charge >= 0.3 is 0 Å². The molecule has 15 heavy (non-hydrogen) atoms. The van der Waals surface area contributed by atoms with Gasteiger partial charge in [-0.15, -0.1) is 0 Å². The van der Waals surface area contributed by atoms with E-state index in [2.05, 4.69) is 38.2 Å². The highest BCUT2D eigenvalue weighted by atomic mass is 15.2. The van der Waals surface area contributed by atoms with Crippen LogP contribution in [0.5, 0.6) is 0 Å². The molecule has 2 heteroatoms. The smallest absolute Gasteiger partial charge is 0.0156 e. The number of nitrogens with one attached hydrogen (secondary N) is 1. The zero-order valence-corrected chi connectivity index (χ0v) is 10.7. The van der Waals surface area contributed by atoms with E-state index in [4.69, 9.17) is 0 Å². The summed E-state index contributed by atoms with van der Waals surface area (Å²) in [5.74, 6) is 0.857. The van der Waals surface area contributed by atoms with Crippen LogP contribution < -0.4 is 5.32 Å². The average molecular weight is 210 g/mol. The first-order valence-corrected chi connectivity index (χ1v) is 6.42. The van der Waals surface area contributed by atoms with Gasteiger partial charge in [0, 0.05) is 18.6 Å². The van der Waals surface area contributed by atoms with Crippen molar-refractivity contribution in [1.29, 1.82) is 0 Å². The van der Waals surface area contributed by atoms with Gasteiger partial charge in [0.1, 0.15) is 0 Å². The number of rotatable bonds is 4. The molecule has 2 unspecified atom stereocenters. The SMILES string of the molecule is CNC1C(CN(C)C2CC2)CCC1(C)C. The van der Waals surface area contributed by atoms with Gasteiger partial charge in [0.15, 0.2) is 0 Å². The van der Waals surface area contributed by atoms with Crippen LogP contribution >= 0.6 is 0 Å². The molecular weight excluding hydrogens is 184 g/mol. The molecule has 0 aromatic rings. The normalized spacial score (nSPS) is 35.0. The maximum atomic E-state index is 3.54. The van der Waals surface area contributed by atoms with Gasteiger partial charge in [-0.2, -0.15) is 0 Å². The summed E-state index contributed by atoms with van der Waals surface area (Å²) in [6, 6.07) is 1.62. The minimum Gasteiger partial charge on any atom is -0.316 e. The van der Waals surface area contributed by atoms with Crippen molar-refractivity contribution in [3.05, 3.63) is 0 Å². The van der Waals surface area contributed by atoms with Crippen LogP contribution in [-0.2, 0) is 0 Å². The fourth-order valence-electron chi connectivity index (χ4n) is 3.38. The van der Waals surface area contributed by atoms with Gasteiger partial charge < -0.3 is 10.2 Å². The molecule has 2 atom stereocenters. The third kappa shape index (κ3) is 2.36. The summed E-state index contributed by atoms with van der Waals surface area (Å²) in [4.78, 5) is 2.58. The van der Waals surface area contributed by atoms with Gasteiger partial charge in [-0.1, -0.05) is 13.8 Å². The van der Waals surface area contributed by atoms with E-state index in [1.165, 1.54) is 32.2 Å². The summed E-state index contributed by atoms with van der Waals surface area (Å²) in [5.41, 5.74) is 0.490. The summed E-state index contributed by atoms with van der Waals surface area (Å²) in [6.07, 6.45) is 5.63. The Hall–Kier alpha value is -0.0800. The molecule has 1 N–H and O–H groups in total. The lowest BCUT2D eigenvalue weighted by atomic mass is 9.85. The van der Waals surface area contributed by atoms with Gasteiger partial charge in [-0.05, 0) is 51.1 Å². The molecule has 2 rings (SSSR count). The zero-order chi connectivity index (χ0) is 11.1. The lowest BCUT2D eigenvalue weighted by Gasteiger charge is -2.32. The first-order valence-electron chi connectivity index (χ1n) is 6.42. The average Bonchev–Trinajstić information content (AvgIpc) is 2.94. The largest absolute Gasteiger partial charge is 0.316 e. The Balaban J connectivity index is 1.91. The number of nitrogens with zero attached hydrogens (tertiary/aromatic N) is 1. The molecule has 0 amide bonds. The Morgan fingerprint density at radius 2 is 1.93 bits per heavy atom. The lowest BCUT2D eigenvalue weighted by Crippen LogP contribution is -2.43. The van der Waals surface area contributed by atoms with E-state index in [1.807, 2.05) is 0 Å². The van der Waals surface area contributed by atoms with Crippen molar-refractivity contribution in [2.24, 2.45) is 11.3 Å². The molecule has 0 aromatic heterocycles. The molecule has 0 heterocycles. The zero-order valence-electron chi connectivity index (χ0n) is 10.7. The van der Waals surface area contributed by atoms with Gasteiger partial charge in [0.2, 0.25) is 0 Å². The lowest BCUT2D eigenvalue weighted by molar-refractivity contribution is 0.207. The predicted octanol–water partition coefficient (Wildman–Crippen LogP) is 2.10. The summed E-state index contributed by atoms with van der Waals surface area (Å²) in [7, 11) is 4.43. The van der Waals surface area contributed by atoms with Gasteiger partial charge in [-0.3, -0.25) is 0 Å². The quantitative estimate of drug-likeness (QED) is 0.764. The van der Waals surface area contributed by atoms with Crippen LogP contribution in [0.3, 0.4) is 0 Å². The Morgan fingerprint density at radius 3 is 2.47 bits per heavy atom. The van der Waals surface area contributed by atoms with E-state index in [-0.39, 0.29) is 0 Å². The van der Waals surface area contributed by atoms with E-state index >= 15 is 0 Å². The van der Waals surface area contributed by atoms with Crippen LogP contribution in [0, 0.1) is 11.3 Å². The van der Waals surface area contributed by atoms with E-state index in [0.717, 1.165) is 12.0 Å². The minimum atomic E-state index is 0.490. The van der Waals surface area contributed by atoms with Crippen molar-refractivity contribution in [2.75, 3.05) is 20.6 Å². The van der Waals surface area contributed by atoms with Crippen LogP contribution in [0.25, 0.3) is 0 Å². The maximum absolute atomic E-state index is 3.54. The van der Waals surface area contributed by atoms with Crippen molar-refractivity contribution in [1.82, 2.24) is 10.2 Å². The van der Waals surface area contributed by atoms with Gasteiger partial charge in [0.05, 0.1) is 0 Å². The first-order chi connectivity index (χ1) is 7.04. The topological polar surface area (TPSA) is 15.3 Å². The van der Waals surface area contributed by atoms with Crippen LogP contribution in [0.2, 0.25) is 0 Å². The minimum absolute atomic E-state index is 0.490. The first kappa shape index (κ1) is 11.4. The molecule has 0 spiro atoms. The van der Waals surface area contributed by atoms with Crippen molar-refractivity contribution in [3.8, 4) is 0 Å². The molecular formula is C13H26N2. The molecule has 2 aliphatic rings. The molecule has 0 bridgehead atoms. The molecule has 0 aromatic carbocycles. The molecule has 0 aliphatic heterocycles. The van der Waals surface area contributed by atoms with Crippen molar-refractivity contribution >= 4 is 0 Å². The summed E-state index contributed by atoms with van der Waals surface area (Å²) < 4.78 is 0. The van der Waals surface area contributed by atoms with Crippen LogP contribution in [0.4, 0.5) is 0 Å². The van der Waals surface area contributed by atoms with Crippen LogP contribution in [0.15, 0.2) is 0 Å². The second-order valence-corrected chi connectivity index (χ2v) is 6.22. The fourth-order valence-corrected chi connectivity index (χ4v) is 3.38. The Bertz CT molecular complexity index is 221. The van der Waals surface area contributed by atoms with E-state index in [1.54, 1.807) is 0 Å². The monoisotopic (exact) mass is 210 g/mol. The highest BCUT2D eigenvalue weighted by molar-refractivity contribution is 4.97. The summed E-state index contributed by atoms with van der Waals surface area (Å²) in [5, 5.41) is 3.54. The van der Waals surface area contributed by atoms with Crippen molar-refractivity contribution in [2.45, 2.75) is 51.6 Å². The number of hydrogen-bond donors (Lipinski definition) is 1. The predicted molar refractivity (Wildman–Crippen MR) is 65.0 cm³/mol. The Labute approximate surface area is 94.4 Å². The van der Waals surface area contributed by atoms with Gasteiger partial charge in [0.25, 0.3) is 0 Å². The van der Waals surface area contributed by atoms with E-state index < -0.39 is 0 Å². The van der Waals surface area contributed by atoms with Gasteiger partial charge in [-0.25, -0.2) is 0 Å².